The van der Waals surface area contributed by atoms with E-state index in [2.05, 4.69) is 19.2 Å². The molecule has 1 rings (SSSR count). The number of carbonyl (C=O) groups excluding carboxylic acids is 2. The Bertz CT molecular complexity index is 279. The molecule has 0 aromatic rings. The fourth-order valence-electron chi connectivity index (χ4n) is 2.41. The zero-order valence-corrected chi connectivity index (χ0v) is 11.2. The van der Waals surface area contributed by atoms with Gasteiger partial charge in [0, 0.05) is 19.0 Å². The highest BCUT2D eigenvalue weighted by Gasteiger charge is 2.31. The van der Waals surface area contributed by atoms with Crippen LogP contribution in [0.5, 0.6) is 0 Å². The smallest absolute Gasteiger partial charge is 0.245 e. The lowest BCUT2D eigenvalue weighted by atomic mass is 10.1. The van der Waals surface area contributed by atoms with Crippen molar-refractivity contribution in [3.05, 3.63) is 0 Å². The highest BCUT2D eigenvalue weighted by atomic mass is 16.2. The molecule has 0 aromatic carbocycles. The summed E-state index contributed by atoms with van der Waals surface area (Å²) in [6.45, 7) is 6.74. The normalized spacial score (nSPS) is 23.2. The molecular formula is C13H24N2O2. The van der Waals surface area contributed by atoms with E-state index in [0.29, 0.717) is 19.4 Å². The molecule has 1 heterocycles. The van der Waals surface area contributed by atoms with Crippen molar-refractivity contribution in [3.63, 3.8) is 0 Å². The third-order valence-electron chi connectivity index (χ3n) is 3.44. The van der Waals surface area contributed by atoms with Gasteiger partial charge in [-0.3, -0.25) is 9.59 Å². The van der Waals surface area contributed by atoms with Crippen LogP contribution in [0, 0.1) is 0 Å². The minimum Gasteiger partial charge on any atom is -0.344 e. The van der Waals surface area contributed by atoms with Crippen LogP contribution in [-0.4, -0.2) is 35.3 Å². The third-order valence-corrected chi connectivity index (χ3v) is 3.44. The Labute approximate surface area is 104 Å². The molecule has 2 amide bonds. The molecule has 2 atom stereocenters. The molecule has 0 bridgehead atoms. The van der Waals surface area contributed by atoms with E-state index in [1.54, 1.807) is 0 Å². The minimum absolute atomic E-state index is 0.000878. The van der Waals surface area contributed by atoms with Gasteiger partial charge in [-0.1, -0.05) is 27.2 Å². The van der Waals surface area contributed by atoms with Crippen LogP contribution in [0.4, 0.5) is 0 Å². The van der Waals surface area contributed by atoms with Crippen molar-refractivity contribution in [2.45, 2.75) is 65.0 Å². The first-order valence-electron chi connectivity index (χ1n) is 6.73. The van der Waals surface area contributed by atoms with Crippen LogP contribution in [0.3, 0.4) is 0 Å². The van der Waals surface area contributed by atoms with Gasteiger partial charge in [-0.05, 0) is 19.3 Å². The Morgan fingerprint density at radius 3 is 2.59 bits per heavy atom. The number of carbonyl (C=O) groups is 2. The van der Waals surface area contributed by atoms with Gasteiger partial charge in [0.25, 0.3) is 0 Å². The van der Waals surface area contributed by atoms with Gasteiger partial charge in [0.15, 0.2) is 0 Å². The van der Waals surface area contributed by atoms with E-state index in [1.165, 1.54) is 0 Å². The molecule has 98 valence electrons. The van der Waals surface area contributed by atoms with Crippen LogP contribution >= 0.6 is 0 Å². The average molecular weight is 240 g/mol. The quantitative estimate of drug-likeness (QED) is 0.795. The van der Waals surface area contributed by atoms with Crippen molar-refractivity contribution >= 4 is 11.8 Å². The van der Waals surface area contributed by atoms with Gasteiger partial charge in [0.2, 0.25) is 11.8 Å². The maximum atomic E-state index is 12.3. The predicted molar refractivity (Wildman–Crippen MR) is 67.5 cm³/mol. The SMILES string of the molecule is CCCC(CC)N1CCC(=O)NC(CC)C1=O. The first-order chi connectivity index (χ1) is 8.13. The van der Waals surface area contributed by atoms with Gasteiger partial charge in [-0.2, -0.15) is 0 Å². The molecule has 2 unspecified atom stereocenters. The Morgan fingerprint density at radius 1 is 1.35 bits per heavy atom. The molecule has 1 saturated heterocycles. The highest BCUT2D eigenvalue weighted by molar-refractivity contribution is 5.90. The zero-order valence-electron chi connectivity index (χ0n) is 11.2. The Hall–Kier alpha value is -1.06. The largest absolute Gasteiger partial charge is 0.344 e. The number of hydrogen-bond donors (Lipinski definition) is 1. The van der Waals surface area contributed by atoms with Crippen molar-refractivity contribution in [2.24, 2.45) is 0 Å². The fraction of sp³-hybridized carbons (Fsp3) is 0.846. The van der Waals surface area contributed by atoms with Crippen LogP contribution < -0.4 is 5.32 Å². The van der Waals surface area contributed by atoms with Crippen molar-refractivity contribution in [3.8, 4) is 0 Å². The molecule has 0 aromatic heterocycles. The van der Waals surface area contributed by atoms with Crippen LogP contribution in [0.2, 0.25) is 0 Å². The minimum atomic E-state index is -0.323. The maximum Gasteiger partial charge on any atom is 0.245 e. The van der Waals surface area contributed by atoms with E-state index < -0.39 is 0 Å². The second kappa shape index (κ2) is 6.62. The lowest BCUT2D eigenvalue weighted by Gasteiger charge is -2.31. The van der Waals surface area contributed by atoms with Gasteiger partial charge < -0.3 is 10.2 Å². The Morgan fingerprint density at radius 2 is 2.06 bits per heavy atom. The summed E-state index contributed by atoms with van der Waals surface area (Å²) in [5.74, 6) is 0.0951. The van der Waals surface area contributed by atoms with Crippen molar-refractivity contribution in [1.29, 1.82) is 0 Å². The molecule has 1 N–H and O–H groups in total. The Balaban J connectivity index is 2.81. The van der Waals surface area contributed by atoms with Crippen molar-refractivity contribution in [2.75, 3.05) is 6.54 Å². The third kappa shape index (κ3) is 3.45. The maximum absolute atomic E-state index is 12.3. The molecular weight excluding hydrogens is 216 g/mol. The van der Waals surface area contributed by atoms with Gasteiger partial charge in [0.1, 0.15) is 6.04 Å². The molecule has 4 nitrogen and oxygen atoms in total. The van der Waals surface area contributed by atoms with Crippen LogP contribution in [0.25, 0.3) is 0 Å². The summed E-state index contributed by atoms with van der Waals surface area (Å²) in [4.78, 5) is 25.7. The number of hydrogen-bond acceptors (Lipinski definition) is 2. The van der Waals surface area contributed by atoms with E-state index in [1.807, 2.05) is 11.8 Å². The summed E-state index contributed by atoms with van der Waals surface area (Å²) in [5, 5.41) is 2.80. The second-order valence-electron chi connectivity index (χ2n) is 4.66. The van der Waals surface area contributed by atoms with E-state index in [9.17, 15) is 9.59 Å². The first kappa shape index (κ1) is 14.0. The molecule has 0 saturated carbocycles. The molecule has 0 spiro atoms. The van der Waals surface area contributed by atoms with E-state index in [-0.39, 0.29) is 23.9 Å². The number of nitrogens with zero attached hydrogens (tertiary/aromatic N) is 1. The van der Waals surface area contributed by atoms with Gasteiger partial charge in [-0.15, -0.1) is 0 Å². The number of rotatable bonds is 5. The molecule has 1 aliphatic rings. The number of amides is 2. The van der Waals surface area contributed by atoms with Crippen molar-refractivity contribution < 1.29 is 9.59 Å². The summed E-state index contributed by atoms with van der Waals surface area (Å²) >= 11 is 0. The Kier molecular flexibility index (Phi) is 5.45. The predicted octanol–water partition coefficient (Wildman–Crippen LogP) is 1.69. The van der Waals surface area contributed by atoms with Crippen LogP contribution in [-0.2, 0) is 9.59 Å². The fourth-order valence-corrected chi connectivity index (χ4v) is 2.41. The summed E-state index contributed by atoms with van der Waals surface area (Å²) in [6.07, 6.45) is 4.16. The summed E-state index contributed by atoms with van der Waals surface area (Å²) < 4.78 is 0. The molecule has 0 aliphatic carbocycles. The van der Waals surface area contributed by atoms with Gasteiger partial charge in [0.05, 0.1) is 0 Å². The van der Waals surface area contributed by atoms with Crippen molar-refractivity contribution in [1.82, 2.24) is 10.2 Å². The zero-order chi connectivity index (χ0) is 12.8. The highest BCUT2D eigenvalue weighted by Crippen LogP contribution is 2.16. The molecule has 17 heavy (non-hydrogen) atoms. The molecule has 1 fully saturated rings. The lowest BCUT2D eigenvalue weighted by Crippen LogP contribution is -2.48. The van der Waals surface area contributed by atoms with E-state index in [0.717, 1.165) is 19.3 Å². The summed E-state index contributed by atoms with van der Waals surface area (Å²) in [6, 6.07) is -0.0369. The molecule has 4 heteroatoms. The standard InChI is InChI=1S/C13H24N2O2/c1-4-7-10(5-2)15-9-8-12(16)14-11(6-3)13(15)17/h10-11H,4-9H2,1-3H3,(H,14,16). The number of nitrogens with one attached hydrogen (secondary N) is 1. The molecule has 0 radical (unpaired) electrons. The second-order valence-corrected chi connectivity index (χ2v) is 4.66. The van der Waals surface area contributed by atoms with E-state index in [4.69, 9.17) is 0 Å². The monoisotopic (exact) mass is 240 g/mol. The summed E-state index contributed by atoms with van der Waals surface area (Å²) in [7, 11) is 0. The van der Waals surface area contributed by atoms with Crippen LogP contribution in [0.15, 0.2) is 0 Å². The first-order valence-corrected chi connectivity index (χ1v) is 6.73. The molecule has 1 aliphatic heterocycles. The van der Waals surface area contributed by atoms with Gasteiger partial charge >= 0.3 is 0 Å². The van der Waals surface area contributed by atoms with E-state index >= 15 is 0 Å². The topological polar surface area (TPSA) is 49.4 Å². The van der Waals surface area contributed by atoms with Crippen LogP contribution in [0.1, 0.15) is 52.9 Å². The summed E-state index contributed by atoms with van der Waals surface area (Å²) in [5.41, 5.74) is 0. The average Bonchev–Trinajstić information content (AvgIpc) is 2.47. The van der Waals surface area contributed by atoms with Gasteiger partial charge in [-0.25, -0.2) is 0 Å². The lowest BCUT2D eigenvalue weighted by molar-refractivity contribution is -0.135.